The van der Waals surface area contributed by atoms with Crippen LogP contribution in [0.5, 0.6) is 0 Å². The van der Waals surface area contributed by atoms with E-state index in [9.17, 15) is 12.8 Å². The number of thiazole rings is 1. The molecule has 7 nitrogen and oxygen atoms in total. The third kappa shape index (κ3) is 3.57. The molecule has 1 aliphatic rings. The summed E-state index contributed by atoms with van der Waals surface area (Å²) >= 11 is 7.46. The predicted molar refractivity (Wildman–Crippen MR) is 104 cm³/mol. The van der Waals surface area contributed by atoms with Gasteiger partial charge in [0.2, 0.25) is 0 Å². The summed E-state index contributed by atoms with van der Waals surface area (Å²) in [5, 5.41) is 0.330. The van der Waals surface area contributed by atoms with Crippen molar-refractivity contribution in [1.29, 1.82) is 0 Å². The summed E-state index contributed by atoms with van der Waals surface area (Å²) < 4.78 is 40.3. The normalized spacial score (nSPS) is 21.1. The summed E-state index contributed by atoms with van der Waals surface area (Å²) in [6, 6.07) is 2.84. The van der Waals surface area contributed by atoms with Crippen molar-refractivity contribution < 1.29 is 12.8 Å². The van der Waals surface area contributed by atoms with Crippen LogP contribution in [0.15, 0.2) is 34.2 Å². The molecule has 0 aromatic carbocycles. The Labute approximate surface area is 170 Å². The van der Waals surface area contributed by atoms with E-state index in [1.54, 1.807) is 0 Å². The molecular formula is C17H17ClFN5O2S2. The molecule has 148 valence electrons. The Balaban J connectivity index is 1.55. The number of H-pyrrole nitrogens is 1. The molecule has 0 bridgehead atoms. The summed E-state index contributed by atoms with van der Waals surface area (Å²) in [7, 11) is -3.52. The first-order chi connectivity index (χ1) is 13.4. The van der Waals surface area contributed by atoms with E-state index < -0.39 is 15.8 Å². The highest BCUT2D eigenvalue weighted by molar-refractivity contribution is 7.91. The van der Waals surface area contributed by atoms with Gasteiger partial charge in [-0.1, -0.05) is 18.5 Å². The maximum Gasteiger partial charge on any atom is 0.254 e. The molecule has 0 spiro atoms. The summed E-state index contributed by atoms with van der Waals surface area (Å²) in [5.41, 5.74) is 2.76. The van der Waals surface area contributed by atoms with Crippen LogP contribution in [-0.4, -0.2) is 45.7 Å². The third-order valence-corrected chi connectivity index (χ3v) is 8.30. The van der Waals surface area contributed by atoms with Gasteiger partial charge < -0.3 is 4.98 Å². The average molecular weight is 442 g/mol. The lowest BCUT2D eigenvalue weighted by Gasteiger charge is -2.35. The average Bonchev–Trinajstić information content (AvgIpc) is 3.33. The van der Waals surface area contributed by atoms with E-state index in [1.165, 1.54) is 28.1 Å². The lowest BCUT2D eigenvalue weighted by molar-refractivity contribution is 0.246. The number of pyridine rings is 1. The molecule has 1 N–H and O–H groups in total. The Kier molecular flexibility index (Phi) is 5.21. The molecule has 0 radical (unpaired) electrons. The number of hydrogen-bond donors (Lipinski definition) is 1. The minimum atomic E-state index is -3.52. The Bertz CT molecular complexity index is 1070. The van der Waals surface area contributed by atoms with E-state index in [0.717, 1.165) is 23.2 Å². The summed E-state index contributed by atoms with van der Waals surface area (Å²) in [5.74, 6) is 0.0993. The van der Waals surface area contributed by atoms with Gasteiger partial charge in [-0.3, -0.25) is 4.98 Å². The Hall–Kier alpha value is -1.88. The standard InChI is InChI=1S/C17H17ClFN5O2S2/c1-10-8-24(28(25,26)14-7-20-9-27-14)5-4-12(10)15-16(18)23-17(22-15)13-3-2-11(19)6-21-13/h2-3,6-7,9-10,12H,4-5,8H2,1H3,(H,22,23)/t10-,12+/m0/s1. The van der Waals surface area contributed by atoms with E-state index in [1.807, 2.05) is 6.92 Å². The number of sulfonamides is 1. The first kappa shape index (κ1) is 19.4. The number of rotatable bonds is 4. The molecule has 0 amide bonds. The lowest BCUT2D eigenvalue weighted by atomic mass is 9.86. The molecule has 3 aromatic rings. The zero-order valence-electron chi connectivity index (χ0n) is 14.8. The van der Waals surface area contributed by atoms with Gasteiger partial charge in [0.15, 0.2) is 15.2 Å². The molecule has 11 heteroatoms. The van der Waals surface area contributed by atoms with Gasteiger partial charge in [0.1, 0.15) is 11.5 Å². The largest absolute Gasteiger partial charge is 0.339 e. The second kappa shape index (κ2) is 7.51. The molecule has 28 heavy (non-hydrogen) atoms. The summed E-state index contributed by atoms with van der Waals surface area (Å²) in [6.45, 7) is 2.76. The minimum Gasteiger partial charge on any atom is -0.339 e. The quantitative estimate of drug-likeness (QED) is 0.668. The number of hydrogen-bond acceptors (Lipinski definition) is 6. The molecule has 1 aliphatic heterocycles. The van der Waals surface area contributed by atoms with Crippen LogP contribution in [-0.2, 0) is 10.0 Å². The van der Waals surface area contributed by atoms with Crippen LogP contribution in [0.2, 0.25) is 5.15 Å². The SMILES string of the molecule is C[C@H]1CN(S(=O)(=O)c2cncs2)CC[C@H]1c1[nH]c(-c2ccc(F)cn2)nc1Cl. The van der Waals surface area contributed by atoms with Crippen molar-refractivity contribution >= 4 is 33.0 Å². The summed E-state index contributed by atoms with van der Waals surface area (Å²) in [6.07, 6.45) is 3.11. The number of halogens is 2. The second-order valence-corrected chi connectivity index (χ2v) is 10.1. The van der Waals surface area contributed by atoms with Gasteiger partial charge in [-0.25, -0.2) is 22.8 Å². The minimum absolute atomic E-state index is 0.0297. The van der Waals surface area contributed by atoms with E-state index in [-0.39, 0.29) is 16.0 Å². The Morgan fingerprint density at radius 1 is 1.36 bits per heavy atom. The number of nitrogens with zero attached hydrogens (tertiary/aromatic N) is 4. The van der Waals surface area contributed by atoms with Crippen LogP contribution in [0.1, 0.15) is 25.0 Å². The van der Waals surface area contributed by atoms with Gasteiger partial charge in [0.05, 0.1) is 23.6 Å². The Morgan fingerprint density at radius 3 is 2.82 bits per heavy atom. The number of aromatic nitrogens is 4. The lowest BCUT2D eigenvalue weighted by Crippen LogP contribution is -2.42. The molecule has 0 aliphatic carbocycles. The van der Waals surface area contributed by atoms with Crippen molar-refractivity contribution in [3.8, 4) is 11.5 Å². The molecule has 1 saturated heterocycles. The maximum atomic E-state index is 13.1. The van der Waals surface area contributed by atoms with Crippen molar-refractivity contribution in [3.05, 3.63) is 46.7 Å². The fourth-order valence-corrected chi connectivity index (χ4v) is 6.24. The van der Waals surface area contributed by atoms with Crippen LogP contribution in [0, 0.1) is 11.7 Å². The van der Waals surface area contributed by atoms with Gasteiger partial charge in [-0.15, -0.1) is 11.3 Å². The fourth-order valence-electron chi connectivity index (χ4n) is 3.46. The second-order valence-electron chi connectivity index (χ2n) is 6.71. The van der Waals surface area contributed by atoms with Gasteiger partial charge >= 0.3 is 0 Å². The van der Waals surface area contributed by atoms with Crippen LogP contribution in [0.3, 0.4) is 0 Å². The molecule has 2 atom stereocenters. The zero-order valence-corrected chi connectivity index (χ0v) is 17.2. The predicted octanol–water partition coefficient (Wildman–Crippen LogP) is 3.54. The van der Waals surface area contributed by atoms with Gasteiger partial charge in [0.25, 0.3) is 10.0 Å². The van der Waals surface area contributed by atoms with Crippen molar-refractivity contribution in [3.63, 3.8) is 0 Å². The molecule has 0 unspecified atom stereocenters. The molecule has 3 aromatic heterocycles. The van der Waals surface area contributed by atoms with Crippen molar-refractivity contribution in [2.24, 2.45) is 5.92 Å². The summed E-state index contributed by atoms with van der Waals surface area (Å²) in [4.78, 5) is 15.4. The zero-order chi connectivity index (χ0) is 19.9. The van der Waals surface area contributed by atoms with Crippen LogP contribution < -0.4 is 0 Å². The number of imidazole rings is 1. The van der Waals surface area contributed by atoms with Crippen LogP contribution >= 0.6 is 22.9 Å². The van der Waals surface area contributed by atoms with E-state index in [2.05, 4.69) is 19.9 Å². The molecule has 1 fully saturated rings. The molecular weight excluding hydrogens is 425 g/mol. The van der Waals surface area contributed by atoms with E-state index >= 15 is 0 Å². The Morgan fingerprint density at radius 2 is 2.18 bits per heavy atom. The molecule has 0 saturated carbocycles. The van der Waals surface area contributed by atoms with E-state index in [0.29, 0.717) is 36.2 Å². The van der Waals surface area contributed by atoms with Gasteiger partial charge in [0, 0.05) is 19.0 Å². The van der Waals surface area contributed by atoms with Gasteiger partial charge in [-0.2, -0.15) is 4.31 Å². The first-order valence-corrected chi connectivity index (χ1v) is 11.3. The first-order valence-electron chi connectivity index (χ1n) is 8.62. The molecule has 4 heterocycles. The maximum absolute atomic E-state index is 13.1. The highest BCUT2D eigenvalue weighted by atomic mass is 35.5. The highest BCUT2D eigenvalue weighted by Gasteiger charge is 2.36. The molecule has 4 rings (SSSR count). The topological polar surface area (TPSA) is 91.8 Å². The number of aromatic amines is 1. The van der Waals surface area contributed by atoms with Crippen LogP contribution in [0.25, 0.3) is 11.5 Å². The third-order valence-electron chi connectivity index (χ3n) is 4.90. The van der Waals surface area contributed by atoms with Crippen LogP contribution in [0.4, 0.5) is 4.39 Å². The highest BCUT2D eigenvalue weighted by Crippen LogP contribution is 2.38. The number of piperidine rings is 1. The van der Waals surface area contributed by atoms with Crippen molar-refractivity contribution in [2.45, 2.75) is 23.5 Å². The smallest absolute Gasteiger partial charge is 0.254 e. The van der Waals surface area contributed by atoms with Gasteiger partial charge in [-0.05, 0) is 24.5 Å². The van der Waals surface area contributed by atoms with Crippen molar-refractivity contribution in [2.75, 3.05) is 13.1 Å². The monoisotopic (exact) mass is 441 g/mol. The van der Waals surface area contributed by atoms with Crippen molar-refractivity contribution in [1.82, 2.24) is 24.2 Å². The van der Waals surface area contributed by atoms with E-state index in [4.69, 9.17) is 11.6 Å². The number of nitrogens with one attached hydrogen (secondary N) is 1. The fraction of sp³-hybridized carbons (Fsp3) is 0.353.